The number of benzene rings is 1. The van der Waals surface area contributed by atoms with Crippen LogP contribution in [0, 0.1) is 0 Å². The molecule has 1 heterocycles. The summed E-state index contributed by atoms with van der Waals surface area (Å²) in [4.78, 5) is 0. The summed E-state index contributed by atoms with van der Waals surface area (Å²) in [6, 6.07) is 12.6. The van der Waals surface area contributed by atoms with Crippen molar-refractivity contribution in [2.45, 2.75) is 18.4 Å². The fourth-order valence-corrected chi connectivity index (χ4v) is 1.93. The van der Waals surface area contributed by atoms with Gasteiger partial charge in [-0.2, -0.15) is 5.10 Å². The largest absolute Gasteiger partial charge is 0.327 e. The zero-order valence-electron chi connectivity index (χ0n) is 8.38. The van der Waals surface area contributed by atoms with Crippen LogP contribution in [0.15, 0.2) is 42.6 Å². The van der Waals surface area contributed by atoms with E-state index in [1.165, 1.54) is 5.69 Å². The van der Waals surface area contributed by atoms with Crippen LogP contribution in [-0.4, -0.2) is 15.8 Å². The van der Waals surface area contributed by atoms with E-state index < -0.39 is 0 Å². The van der Waals surface area contributed by atoms with Crippen LogP contribution in [0.25, 0.3) is 5.69 Å². The predicted molar refractivity (Wildman–Crippen MR) is 58.9 cm³/mol. The molecule has 76 valence electrons. The maximum atomic E-state index is 5.86. The number of nitrogens with two attached hydrogens (primary N) is 1. The molecule has 1 aliphatic rings. The summed E-state index contributed by atoms with van der Waals surface area (Å²) in [5.41, 5.74) is 8.20. The fraction of sp³-hybridized carbons (Fsp3) is 0.250. The maximum Gasteiger partial charge on any atom is 0.0648 e. The molecule has 3 heteroatoms. The lowest BCUT2D eigenvalue weighted by Crippen LogP contribution is -2.06. The summed E-state index contributed by atoms with van der Waals surface area (Å²) in [7, 11) is 0. The molecule has 0 bridgehead atoms. The lowest BCUT2D eigenvalue weighted by molar-refractivity contribution is 0.795. The minimum Gasteiger partial charge on any atom is -0.327 e. The first kappa shape index (κ1) is 8.68. The highest BCUT2D eigenvalue weighted by atomic mass is 15.3. The Hall–Kier alpha value is -1.61. The maximum absolute atomic E-state index is 5.86. The van der Waals surface area contributed by atoms with Crippen molar-refractivity contribution in [2.75, 3.05) is 0 Å². The Bertz CT molecular complexity index is 461. The van der Waals surface area contributed by atoms with E-state index >= 15 is 0 Å². The molecule has 0 unspecified atom stereocenters. The van der Waals surface area contributed by atoms with Crippen LogP contribution < -0.4 is 5.73 Å². The van der Waals surface area contributed by atoms with Crippen LogP contribution in [0.2, 0.25) is 0 Å². The minimum atomic E-state index is 0.323. The summed E-state index contributed by atoms with van der Waals surface area (Å²) in [6.07, 6.45) is 2.92. The first-order valence-electron chi connectivity index (χ1n) is 5.21. The molecule has 1 fully saturated rings. The van der Waals surface area contributed by atoms with Crippen molar-refractivity contribution in [2.24, 2.45) is 5.73 Å². The summed E-state index contributed by atoms with van der Waals surface area (Å²) >= 11 is 0. The molecule has 0 aliphatic heterocycles. The lowest BCUT2D eigenvalue weighted by Gasteiger charge is -2.05. The van der Waals surface area contributed by atoms with Gasteiger partial charge in [-0.3, -0.25) is 0 Å². The van der Waals surface area contributed by atoms with Crippen molar-refractivity contribution >= 4 is 0 Å². The molecule has 15 heavy (non-hydrogen) atoms. The zero-order valence-corrected chi connectivity index (χ0v) is 8.38. The third kappa shape index (κ3) is 1.45. The van der Waals surface area contributed by atoms with Gasteiger partial charge >= 0.3 is 0 Å². The Kier molecular flexibility index (Phi) is 1.86. The first-order chi connectivity index (χ1) is 7.36. The molecule has 0 radical (unpaired) electrons. The van der Waals surface area contributed by atoms with Crippen molar-refractivity contribution in [3.8, 4) is 5.69 Å². The molecule has 0 saturated heterocycles. The summed E-state index contributed by atoms with van der Waals surface area (Å²) in [5, 5.41) is 4.34. The predicted octanol–water partition coefficient (Wildman–Crippen LogP) is 1.69. The van der Waals surface area contributed by atoms with E-state index in [1.807, 2.05) is 29.1 Å². The number of hydrogen-bond donors (Lipinski definition) is 1. The van der Waals surface area contributed by atoms with E-state index in [4.69, 9.17) is 5.73 Å². The Labute approximate surface area is 88.5 Å². The average Bonchev–Trinajstić information content (AvgIpc) is 2.82. The van der Waals surface area contributed by atoms with Crippen molar-refractivity contribution in [3.63, 3.8) is 0 Å². The van der Waals surface area contributed by atoms with Crippen LogP contribution in [0.5, 0.6) is 0 Å². The molecule has 3 nitrogen and oxygen atoms in total. The second-order valence-corrected chi connectivity index (χ2v) is 4.01. The van der Waals surface area contributed by atoms with Crippen LogP contribution >= 0.6 is 0 Å². The molecule has 2 aromatic rings. The molecule has 1 aromatic heterocycles. The SMILES string of the molecule is N[C@@H]1C[C@@H]1c1ccnn1-c1ccccc1. The Balaban J connectivity index is 2.02. The van der Waals surface area contributed by atoms with Gasteiger partial charge in [-0.1, -0.05) is 18.2 Å². The van der Waals surface area contributed by atoms with Crippen LogP contribution in [0.1, 0.15) is 18.0 Å². The molecule has 0 amide bonds. The monoisotopic (exact) mass is 199 g/mol. The molecule has 2 N–H and O–H groups in total. The van der Waals surface area contributed by atoms with Gasteiger partial charge in [0.05, 0.1) is 5.69 Å². The van der Waals surface area contributed by atoms with E-state index in [1.54, 1.807) is 0 Å². The van der Waals surface area contributed by atoms with Gasteiger partial charge in [0.2, 0.25) is 0 Å². The number of rotatable bonds is 2. The van der Waals surface area contributed by atoms with Crippen LogP contribution in [0.4, 0.5) is 0 Å². The summed E-state index contributed by atoms with van der Waals surface area (Å²) in [6.45, 7) is 0. The molecular weight excluding hydrogens is 186 g/mol. The van der Waals surface area contributed by atoms with Crippen molar-refractivity contribution in [1.29, 1.82) is 0 Å². The zero-order chi connectivity index (χ0) is 10.3. The van der Waals surface area contributed by atoms with Gasteiger partial charge < -0.3 is 5.73 Å². The number of hydrogen-bond acceptors (Lipinski definition) is 2. The number of para-hydroxylation sites is 1. The topological polar surface area (TPSA) is 43.8 Å². The van der Waals surface area contributed by atoms with Crippen molar-refractivity contribution < 1.29 is 0 Å². The third-order valence-corrected chi connectivity index (χ3v) is 2.89. The van der Waals surface area contributed by atoms with Gasteiger partial charge in [-0.15, -0.1) is 0 Å². The summed E-state index contributed by atoms with van der Waals surface area (Å²) in [5.74, 6) is 0.493. The van der Waals surface area contributed by atoms with E-state index in [2.05, 4.69) is 23.3 Å². The first-order valence-corrected chi connectivity index (χ1v) is 5.21. The highest BCUT2D eigenvalue weighted by Crippen LogP contribution is 2.39. The van der Waals surface area contributed by atoms with Crippen molar-refractivity contribution in [3.05, 3.63) is 48.3 Å². The normalized spacial score (nSPS) is 24.1. The highest BCUT2D eigenvalue weighted by molar-refractivity contribution is 5.35. The fourth-order valence-electron chi connectivity index (χ4n) is 1.93. The van der Waals surface area contributed by atoms with Gasteiger partial charge in [0.1, 0.15) is 0 Å². The summed E-state index contributed by atoms with van der Waals surface area (Å²) < 4.78 is 1.98. The van der Waals surface area contributed by atoms with E-state index in [-0.39, 0.29) is 0 Å². The highest BCUT2D eigenvalue weighted by Gasteiger charge is 2.37. The molecular formula is C12H13N3. The second kappa shape index (κ2) is 3.21. The van der Waals surface area contributed by atoms with Crippen LogP contribution in [-0.2, 0) is 0 Å². The molecule has 1 aromatic carbocycles. The minimum absolute atomic E-state index is 0.323. The Morgan fingerprint density at radius 1 is 1.20 bits per heavy atom. The molecule has 0 spiro atoms. The lowest BCUT2D eigenvalue weighted by atomic mass is 10.2. The van der Waals surface area contributed by atoms with Crippen molar-refractivity contribution in [1.82, 2.24) is 9.78 Å². The average molecular weight is 199 g/mol. The number of nitrogens with zero attached hydrogens (tertiary/aromatic N) is 2. The van der Waals surface area contributed by atoms with E-state index in [9.17, 15) is 0 Å². The Morgan fingerprint density at radius 2 is 1.93 bits per heavy atom. The van der Waals surface area contributed by atoms with Gasteiger partial charge in [0.25, 0.3) is 0 Å². The second-order valence-electron chi connectivity index (χ2n) is 4.01. The van der Waals surface area contributed by atoms with E-state index in [0.717, 1.165) is 12.1 Å². The van der Waals surface area contributed by atoms with Crippen LogP contribution in [0.3, 0.4) is 0 Å². The van der Waals surface area contributed by atoms with Gasteiger partial charge in [-0.25, -0.2) is 4.68 Å². The molecule has 2 atom stereocenters. The molecule has 3 rings (SSSR count). The molecule has 1 aliphatic carbocycles. The standard InChI is InChI=1S/C12H13N3/c13-11-8-10(11)12-6-7-14-15(12)9-4-2-1-3-5-9/h1-7,10-11H,8,13H2/t10-,11+/m0/s1. The smallest absolute Gasteiger partial charge is 0.0648 e. The number of aromatic nitrogens is 2. The quantitative estimate of drug-likeness (QED) is 0.799. The van der Waals surface area contributed by atoms with Gasteiger partial charge in [0.15, 0.2) is 0 Å². The Morgan fingerprint density at radius 3 is 2.60 bits per heavy atom. The van der Waals surface area contributed by atoms with Gasteiger partial charge in [-0.05, 0) is 24.6 Å². The van der Waals surface area contributed by atoms with Gasteiger partial charge in [0, 0.05) is 23.9 Å². The van der Waals surface area contributed by atoms with E-state index in [0.29, 0.717) is 12.0 Å². The molecule has 1 saturated carbocycles. The third-order valence-electron chi connectivity index (χ3n) is 2.89.